The van der Waals surface area contributed by atoms with E-state index in [0.29, 0.717) is 11.1 Å². The number of aromatic amines is 1. The molecule has 6 nitrogen and oxygen atoms in total. The number of benzene rings is 5. The van der Waals surface area contributed by atoms with Crippen LogP contribution < -0.4 is 10.4 Å². The molecule has 0 spiro atoms. The standard InChI is InChI=1S/C41H30N6/c42-39(30-12-9-17-34(28-30)47-38-21-8-7-18-36(38)37-20-11-27-44-41(37)47)45-40-35(19-10-26-43-40)29-22-24-33(25-23-29)46(31-13-3-1-4-14-31)32-15-5-2-6-16-32/h1-28H,(H2,42,43,45). The summed E-state index contributed by atoms with van der Waals surface area (Å²) in [6.07, 6.45) is 3.66. The molecule has 47 heavy (non-hydrogen) atoms. The molecule has 0 fully saturated rings. The lowest BCUT2D eigenvalue weighted by atomic mass is 10.1. The highest BCUT2D eigenvalue weighted by molar-refractivity contribution is 6.08. The zero-order valence-corrected chi connectivity index (χ0v) is 25.5. The first-order valence-electron chi connectivity index (χ1n) is 15.5. The second-order valence-corrected chi connectivity index (χ2v) is 11.2. The van der Waals surface area contributed by atoms with E-state index in [1.54, 1.807) is 0 Å². The fourth-order valence-electron chi connectivity index (χ4n) is 6.17. The first-order chi connectivity index (χ1) is 23.2. The van der Waals surface area contributed by atoms with Gasteiger partial charge < -0.3 is 9.88 Å². The van der Waals surface area contributed by atoms with Crippen LogP contribution in [-0.4, -0.2) is 20.4 Å². The van der Waals surface area contributed by atoms with Gasteiger partial charge in [0.05, 0.1) is 5.52 Å². The number of nitrogens with one attached hydrogen (secondary N) is 2. The molecule has 0 aliphatic rings. The molecule has 5 aromatic carbocycles. The van der Waals surface area contributed by atoms with E-state index in [4.69, 9.17) is 15.4 Å². The maximum atomic E-state index is 9.04. The third-order valence-corrected chi connectivity index (χ3v) is 8.33. The largest absolute Gasteiger partial charge is 0.346 e. The van der Waals surface area contributed by atoms with Gasteiger partial charge in [-0.25, -0.2) is 9.98 Å². The predicted molar refractivity (Wildman–Crippen MR) is 192 cm³/mol. The fourth-order valence-corrected chi connectivity index (χ4v) is 6.17. The predicted octanol–water partition coefficient (Wildman–Crippen LogP) is 9.57. The number of aromatic nitrogens is 3. The normalized spacial score (nSPS) is 11.6. The minimum Gasteiger partial charge on any atom is -0.346 e. The van der Waals surface area contributed by atoms with Crippen LogP contribution in [0.3, 0.4) is 0 Å². The topological polar surface area (TPSA) is 73.1 Å². The van der Waals surface area contributed by atoms with Gasteiger partial charge >= 0.3 is 0 Å². The summed E-state index contributed by atoms with van der Waals surface area (Å²) in [6, 6.07) is 53.5. The van der Waals surface area contributed by atoms with Gasteiger partial charge in [-0.15, -0.1) is 0 Å². The molecule has 224 valence electrons. The SMILES string of the molecule is N=C(N=c1[nH]cccc1-c1ccc(N(c2ccccc2)c2ccccc2)cc1)c1cccc(-n2c3ccccc3c3cccnc32)c1. The van der Waals surface area contributed by atoms with Crippen molar-refractivity contribution in [1.29, 1.82) is 5.41 Å². The zero-order chi connectivity index (χ0) is 31.6. The molecular weight excluding hydrogens is 576 g/mol. The average molecular weight is 607 g/mol. The Morgan fingerprint density at radius 1 is 0.638 bits per heavy atom. The summed E-state index contributed by atoms with van der Waals surface area (Å²) in [4.78, 5) is 15.0. The Labute approximate surface area is 272 Å². The Kier molecular flexibility index (Phi) is 7.21. The Balaban J connectivity index is 1.15. The lowest BCUT2D eigenvalue weighted by Crippen LogP contribution is -2.14. The Bertz CT molecular complexity index is 2330. The molecule has 8 rings (SSSR count). The highest BCUT2D eigenvalue weighted by Gasteiger charge is 2.15. The number of hydrogen-bond donors (Lipinski definition) is 2. The van der Waals surface area contributed by atoms with Crippen LogP contribution in [0.1, 0.15) is 5.56 Å². The minimum absolute atomic E-state index is 0.167. The molecule has 0 unspecified atom stereocenters. The van der Waals surface area contributed by atoms with Crippen LogP contribution in [-0.2, 0) is 0 Å². The number of hydrogen-bond acceptors (Lipinski definition) is 3. The molecule has 3 heterocycles. The number of nitrogens with zero attached hydrogens (tertiary/aromatic N) is 4. The van der Waals surface area contributed by atoms with Gasteiger partial charge in [0, 0.05) is 57.0 Å². The fraction of sp³-hybridized carbons (Fsp3) is 0. The van der Waals surface area contributed by atoms with Crippen LogP contribution in [0.15, 0.2) is 175 Å². The molecule has 0 saturated carbocycles. The van der Waals surface area contributed by atoms with E-state index in [2.05, 4.69) is 105 Å². The van der Waals surface area contributed by atoms with Crippen molar-refractivity contribution < 1.29 is 0 Å². The van der Waals surface area contributed by atoms with Crippen LogP contribution in [0.4, 0.5) is 17.1 Å². The van der Waals surface area contributed by atoms with Gasteiger partial charge in [0.1, 0.15) is 11.1 Å². The molecule has 0 aliphatic heterocycles. The molecular formula is C41H30N6. The third kappa shape index (κ3) is 5.28. The van der Waals surface area contributed by atoms with Crippen molar-refractivity contribution in [2.24, 2.45) is 4.99 Å². The summed E-state index contributed by atoms with van der Waals surface area (Å²) in [5.74, 6) is 0.167. The van der Waals surface area contributed by atoms with Gasteiger partial charge in [-0.2, -0.15) is 0 Å². The van der Waals surface area contributed by atoms with Crippen molar-refractivity contribution in [2.75, 3.05) is 4.90 Å². The van der Waals surface area contributed by atoms with Crippen molar-refractivity contribution in [3.05, 3.63) is 181 Å². The third-order valence-electron chi connectivity index (χ3n) is 8.33. The number of amidine groups is 1. The van der Waals surface area contributed by atoms with Crippen LogP contribution >= 0.6 is 0 Å². The molecule has 6 heteroatoms. The van der Waals surface area contributed by atoms with Gasteiger partial charge in [-0.05, 0) is 84.4 Å². The number of para-hydroxylation sites is 3. The maximum Gasteiger partial charge on any atom is 0.154 e. The number of H-pyrrole nitrogens is 1. The number of rotatable bonds is 6. The Hall–Kier alpha value is -6.53. The first-order valence-corrected chi connectivity index (χ1v) is 15.5. The van der Waals surface area contributed by atoms with Crippen molar-refractivity contribution in [3.63, 3.8) is 0 Å². The molecule has 0 aliphatic carbocycles. The van der Waals surface area contributed by atoms with Crippen LogP contribution in [0.5, 0.6) is 0 Å². The maximum absolute atomic E-state index is 9.04. The summed E-state index contributed by atoms with van der Waals surface area (Å²) in [7, 11) is 0. The van der Waals surface area contributed by atoms with Gasteiger partial charge in [0.25, 0.3) is 0 Å². The summed E-state index contributed by atoms with van der Waals surface area (Å²) < 4.78 is 2.15. The van der Waals surface area contributed by atoms with Gasteiger partial charge in [-0.3, -0.25) is 9.98 Å². The van der Waals surface area contributed by atoms with E-state index in [-0.39, 0.29) is 5.84 Å². The van der Waals surface area contributed by atoms with E-state index < -0.39 is 0 Å². The number of anilines is 3. The molecule has 3 aromatic heterocycles. The first kappa shape index (κ1) is 28.0. The second-order valence-electron chi connectivity index (χ2n) is 11.2. The van der Waals surface area contributed by atoms with Crippen LogP contribution in [0, 0.1) is 5.41 Å². The molecule has 0 radical (unpaired) electrons. The molecule has 0 bridgehead atoms. The van der Waals surface area contributed by atoms with Gasteiger partial charge in [0.15, 0.2) is 5.84 Å². The molecule has 0 saturated heterocycles. The number of fused-ring (bicyclic) bond motifs is 3. The van der Waals surface area contributed by atoms with Crippen LogP contribution in [0.25, 0.3) is 38.8 Å². The number of pyridine rings is 2. The van der Waals surface area contributed by atoms with E-state index in [0.717, 1.165) is 55.8 Å². The van der Waals surface area contributed by atoms with Gasteiger partial charge in [0.2, 0.25) is 0 Å². The summed E-state index contributed by atoms with van der Waals surface area (Å²) in [6.45, 7) is 0. The van der Waals surface area contributed by atoms with Crippen molar-refractivity contribution in [2.45, 2.75) is 0 Å². The quantitative estimate of drug-likeness (QED) is 0.146. The highest BCUT2D eigenvalue weighted by Crippen LogP contribution is 2.35. The molecule has 2 N–H and O–H groups in total. The minimum atomic E-state index is 0.167. The zero-order valence-electron chi connectivity index (χ0n) is 25.5. The van der Waals surface area contributed by atoms with Crippen molar-refractivity contribution >= 4 is 44.8 Å². The molecule has 0 atom stereocenters. The average Bonchev–Trinajstić information content (AvgIpc) is 3.48. The molecule has 8 aromatic rings. The summed E-state index contributed by atoms with van der Waals surface area (Å²) in [5.41, 5.74) is 9.36. The van der Waals surface area contributed by atoms with E-state index >= 15 is 0 Å². The monoisotopic (exact) mass is 606 g/mol. The lowest BCUT2D eigenvalue weighted by molar-refractivity contribution is 1.13. The van der Waals surface area contributed by atoms with Crippen LogP contribution in [0.2, 0.25) is 0 Å². The van der Waals surface area contributed by atoms with E-state index in [1.165, 1.54) is 0 Å². The lowest BCUT2D eigenvalue weighted by Gasteiger charge is -2.25. The van der Waals surface area contributed by atoms with Crippen molar-refractivity contribution in [1.82, 2.24) is 14.5 Å². The molecule has 0 amide bonds. The van der Waals surface area contributed by atoms with E-state index in [9.17, 15) is 0 Å². The van der Waals surface area contributed by atoms with Crippen molar-refractivity contribution in [3.8, 4) is 16.8 Å². The smallest absolute Gasteiger partial charge is 0.154 e. The van der Waals surface area contributed by atoms with E-state index in [1.807, 2.05) is 79.1 Å². The Morgan fingerprint density at radius 3 is 2.09 bits per heavy atom. The summed E-state index contributed by atoms with van der Waals surface area (Å²) >= 11 is 0. The summed E-state index contributed by atoms with van der Waals surface area (Å²) in [5, 5.41) is 11.3. The highest BCUT2D eigenvalue weighted by atomic mass is 15.1. The Morgan fingerprint density at radius 2 is 1.32 bits per heavy atom. The van der Waals surface area contributed by atoms with Gasteiger partial charge in [-0.1, -0.05) is 78.9 Å². The second kappa shape index (κ2) is 12.1.